The number of aryl methyl sites for hydroxylation is 2. The van der Waals surface area contributed by atoms with Crippen molar-refractivity contribution in [2.45, 2.75) is 32.4 Å². The van der Waals surface area contributed by atoms with Crippen molar-refractivity contribution in [2.75, 3.05) is 6.54 Å². The van der Waals surface area contributed by atoms with Crippen LogP contribution in [-0.2, 0) is 25.6 Å². The first-order valence-electron chi connectivity index (χ1n) is 6.51. The molecule has 1 atom stereocenters. The van der Waals surface area contributed by atoms with Crippen LogP contribution >= 0.6 is 0 Å². The highest BCUT2D eigenvalue weighted by Gasteiger charge is 2.24. The van der Waals surface area contributed by atoms with E-state index in [1.165, 1.54) is 0 Å². The molecule has 0 radical (unpaired) electrons. The van der Waals surface area contributed by atoms with Gasteiger partial charge >= 0.3 is 0 Å². The van der Waals surface area contributed by atoms with E-state index in [2.05, 4.69) is 17.3 Å². The van der Waals surface area contributed by atoms with Crippen LogP contribution < -0.4 is 5.32 Å². The van der Waals surface area contributed by atoms with Crippen LogP contribution in [0.25, 0.3) is 0 Å². The van der Waals surface area contributed by atoms with Gasteiger partial charge in [-0.15, -0.1) is 0 Å². The molecule has 0 saturated heterocycles. The third kappa shape index (κ3) is 3.45. The lowest BCUT2D eigenvalue weighted by atomic mass is 10.00. The molecule has 104 valence electrons. The van der Waals surface area contributed by atoms with Crippen LogP contribution in [0.4, 0.5) is 0 Å². The number of nitrogens with one attached hydrogen (secondary N) is 1. The Balaban J connectivity index is 1.87. The van der Waals surface area contributed by atoms with Crippen LogP contribution in [0.5, 0.6) is 0 Å². The number of rotatable bonds is 6. The van der Waals surface area contributed by atoms with E-state index >= 15 is 0 Å². The van der Waals surface area contributed by atoms with Crippen molar-refractivity contribution >= 4 is 0 Å². The average Bonchev–Trinajstić information content (AvgIpc) is 2.98. The van der Waals surface area contributed by atoms with Crippen molar-refractivity contribution in [3.8, 4) is 0 Å². The quantitative estimate of drug-likeness (QED) is 0.830. The van der Waals surface area contributed by atoms with Gasteiger partial charge in [-0.3, -0.25) is 4.68 Å². The van der Waals surface area contributed by atoms with Crippen LogP contribution in [0.15, 0.2) is 28.9 Å². The minimum atomic E-state index is -0.936. The fourth-order valence-corrected chi connectivity index (χ4v) is 1.94. The Bertz CT molecular complexity index is 528. The molecule has 2 rings (SSSR count). The fraction of sp³-hybridized carbons (Fsp3) is 0.500. The molecule has 19 heavy (non-hydrogen) atoms. The molecule has 5 heteroatoms. The highest BCUT2D eigenvalue weighted by molar-refractivity contribution is 5.14. The third-order valence-electron chi connectivity index (χ3n) is 3.16. The lowest BCUT2D eigenvalue weighted by molar-refractivity contribution is 0.0561. The largest absolute Gasteiger partial charge is 0.465 e. The van der Waals surface area contributed by atoms with Gasteiger partial charge in [0.2, 0.25) is 0 Å². The minimum absolute atomic E-state index is 0.445. The monoisotopic (exact) mass is 263 g/mol. The van der Waals surface area contributed by atoms with Crippen LogP contribution in [-0.4, -0.2) is 21.4 Å². The van der Waals surface area contributed by atoms with E-state index in [0.29, 0.717) is 13.1 Å². The summed E-state index contributed by atoms with van der Waals surface area (Å²) in [6, 6.07) is 3.95. The van der Waals surface area contributed by atoms with E-state index in [9.17, 15) is 5.11 Å². The number of furan rings is 1. The second-order valence-corrected chi connectivity index (χ2v) is 5.00. The molecule has 1 unspecified atom stereocenters. The first-order valence-corrected chi connectivity index (χ1v) is 6.51. The maximum absolute atomic E-state index is 10.4. The highest BCUT2D eigenvalue weighted by atomic mass is 16.3. The first-order chi connectivity index (χ1) is 9.01. The van der Waals surface area contributed by atoms with E-state index in [1.807, 2.05) is 25.4 Å². The van der Waals surface area contributed by atoms with Gasteiger partial charge in [-0.25, -0.2) is 0 Å². The smallest absolute Gasteiger partial charge is 0.117 e. The van der Waals surface area contributed by atoms with E-state index in [0.717, 1.165) is 23.5 Å². The summed E-state index contributed by atoms with van der Waals surface area (Å²) in [6.07, 6.45) is 4.40. The minimum Gasteiger partial charge on any atom is -0.465 e. The van der Waals surface area contributed by atoms with Gasteiger partial charge < -0.3 is 14.8 Å². The summed E-state index contributed by atoms with van der Waals surface area (Å²) in [6.45, 7) is 4.89. The average molecular weight is 263 g/mol. The molecule has 0 amide bonds. The Labute approximate surface area is 113 Å². The number of hydrogen-bond acceptors (Lipinski definition) is 4. The predicted molar refractivity (Wildman–Crippen MR) is 72.6 cm³/mol. The van der Waals surface area contributed by atoms with Crippen LogP contribution in [0.3, 0.4) is 0 Å². The van der Waals surface area contributed by atoms with E-state index < -0.39 is 5.60 Å². The molecule has 2 aromatic rings. The maximum Gasteiger partial charge on any atom is 0.117 e. The van der Waals surface area contributed by atoms with Gasteiger partial charge in [0.25, 0.3) is 0 Å². The lowest BCUT2D eigenvalue weighted by Crippen LogP contribution is -2.34. The predicted octanol–water partition coefficient (Wildman–Crippen LogP) is 1.57. The number of nitrogens with zero attached hydrogens (tertiary/aromatic N) is 2. The standard InChI is InChI=1S/C14H21N3O2/c1-4-12-5-6-13(19-12)8-15-10-14(2,18)11-7-16-17(3)9-11/h5-7,9,15,18H,4,8,10H2,1-3H3. The Morgan fingerprint density at radius 2 is 2.16 bits per heavy atom. The van der Waals surface area contributed by atoms with Crippen molar-refractivity contribution in [1.29, 1.82) is 0 Å². The summed E-state index contributed by atoms with van der Waals surface area (Å²) in [5, 5.41) is 17.7. The molecule has 2 heterocycles. The molecule has 0 saturated carbocycles. The second kappa shape index (κ2) is 5.59. The number of aliphatic hydroxyl groups is 1. The molecule has 0 fully saturated rings. The van der Waals surface area contributed by atoms with Gasteiger partial charge in [0, 0.05) is 31.8 Å². The van der Waals surface area contributed by atoms with Gasteiger partial charge in [-0.05, 0) is 19.1 Å². The summed E-state index contributed by atoms with van der Waals surface area (Å²) in [7, 11) is 1.84. The van der Waals surface area contributed by atoms with Crippen molar-refractivity contribution in [3.05, 3.63) is 41.6 Å². The zero-order valence-electron chi connectivity index (χ0n) is 11.7. The Morgan fingerprint density at radius 1 is 1.42 bits per heavy atom. The summed E-state index contributed by atoms with van der Waals surface area (Å²) in [5.41, 5.74) is -0.134. The summed E-state index contributed by atoms with van der Waals surface area (Å²) in [4.78, 5) is 0. The van der Waals surface area contributed by atoms with Gasteiger partial charge in [-0.1, -0.05) is 6.92 Å². The Kier molecular flexibility index (Phi) is 4.07. The zero-order chi connectivity index (χ0) is 13.9. The highest BCUT2D eigenvalue weighted by Crippen LogP contribution is 2.18. The van der Waals surface area contributed by atoms with Crippen LogP contribution in [0, 0.1) is 0 Å². The zero-order valence-corrected chi connectivity index (χ0v) is 11.7. The molecular weight excluding hydrogens is 242 g/mol. The second-order valence-electron chi connectivity index (χ2n) is 5.00. The van der Waals surface area contributed by atoms with E-state index in [-0.39, 0.29) is 0 Å². The molecule has 0 aliphatic heterocycles. The third-order valence-corrected chi connectivity index (χ3v) is 3.16. The molecule has 5 nitrogen and oxygen atoms in total. The van der Waals surface area contributed by atoms with Crippen molar-refractivity contribution < 1.29 is 9.52 Å². The molecule has 2 aromatic heterocycles. The molecule has 0 aromatic carbocycles. The molecule has 0 aliphatic rings. The van der Waals surface area contributed by atoms with Crippen molar-refractivity contribution in [1.82, 2.24) is 15.1 Å². The van der Waals surface area contributed by atoms with E-state index in [4.69, 9.17) is 4.42 Å². The van der Waals surface area contributed by atoms with Crippen molar-refractivity contribution in [2.24, 2.45) is 7.05 Å². The Hall–Kier alpha value is -1.59. The molecule has 0 spiro atoms. The lowest BCUT2D eigenvalue weighted by Gasteiger charge is -2.22. The summed E-state index contributed by atoms with van der Waals surface area (Å²) in [5.74, 6) is 1.87. The fourth-order valence-electron chi connectivity index (χ4n) is 1.94. The maximum atomic E-state index is 10.4. The summed E-state index contributed by atoms with van der Waals surface area (Å²) >= 11 is 0. The van der Waals surface area contributed by atoms with E-state index in [1.54, 1.807) is 17.8 Å². The number of hydrogen-bond donors (Lipinski definition) is 2. The molecular formula is C14H21N3O2. The Morgan fingerprint density at radius 3 is 2.74 bits per heavy atom. The molecule has 0 aliphatic carbocycles. The topological polar surface area (TPSA) is 63.2 Å². The normalized spacial score (nSPS) is 14.5. The van der Waals surface area contributed by atoms with Gasteiger partial charge in [0.1, 0.15) is 17.1 Å². The van der Waals surface area contributed by atoms with Crippen LogP contribution in [0.2, 0.25) is 0 Å². The SMILES string of the molecule is CCc1ccc(CNCC(C)(O)c2cnn(C)c2)o1. The van der Waals surface area contributed by atoms with Crippen LogP contribution in [0.1, 0.15) is 30.9 Å². The first kappa shape index (κ1) is 13.8. The van der Waals surface area contributed by atoms with Gasteiger partial charge in [-0.2, -0.15) is 5.10 Å². The number of aromatic nitrogens is 2. The van der Waals surface area contributed by atoms with Gasteiger partial charge in [0.15, 0.2) is 0 Å². The van der Waals surface area contributed by atoms with Gasteiger partial charge in [0.05, 0.1) is 12.7 Å². The van der Waals surface area contributed by atoms with Crippen molar-refractivity contribution in [3.63, 3.8) is 0 Å². The molecule has 2 N–H and O–H groups in total. The summed E-state index contributed by atoms with van der Waals surface area (Å²) < 4.78 is 7.28. The molecule has 0 bridgehead atoms.